The molecule has 4 rings (SSSR count). The fourth-order valence-electron chi connectivity index (χ4n) is 4.39. The SMILES string of the molecule is O=C([OH2+])c1ccc(COc2ccc(CN(CCc3ccccn3)C(=O)C3CCCC3)cc2Cl)cc1. The van der Waals surface area contributed by atoms with Crippen molar-refractivity contribution in [1.82, 2.24) is 9.88 Å². The Labute approximate surface area is 210 Å². The van der Waals surface area contributed by atoms with Crippen molar-refractivity contribution in [2.45, 2.75) is 45.3 Å². The Balaban J connectivity index is 1.41. The highest BCUT2D eigenvalue weighted by Crippen LogP contribution is 2.29. The molecule has 0 unspecified atom stereocenters. The Morgan fingerprint density at radius 1 is 1.03 bits per heavy atom. The summed E-state index contributed by atoms with van der Waals surface area (Å²) in [6, 6.07) is 18.2. The highest BCUT2D eigenvalue weighted by atomic mass is 35.5. The van der Waals surface area contributed by atoms with Crippen LogP contribution in [-0.2, 0) is 24.4 Å². The third-order valence-electron chi connectivity index (χ3n) is 6.36. The van der Waals surface area contributed by atoms with E-state index in [-0.39, 0.29) is 11.8 Å². The van der Waals surface area contributed by atoms with E-state index < -0.39 is 5.97 Å². The van der Waals surface area contributed by atoms with E-state index in [4.69, 9.17) is 21.4 Å². The van der Waals surface area contributed by atoms with Gasteiger partial charge in [-0.25, -0.2) is 0 Å². The van der Waals surface area contributed by atoms with Gasteiger partial charge in [-0.3, -0.25) is 9.78 Å². The standard InChI is InChI=1S/C28H29ClN2O4/c29-25-17-21(10-13-26(25)35-19-20-8-11-23(12-9-20)28(33)34)18-31(27(32)22-5-1-2-6-22)16-14-24-7-3-4-15-30-24/h3-4,7-13,15,17,22H,1-2,5-6,14,16,18-19H2,(H,33,34)/p+1. The molecule has 2 N–H and O–H groups in total. The van der Waals surface area contributed by atoms with Crippen molar-refractivity contribution in [2.75, 3.05) is 6.54 Å². The van der Waals surface area contributed by atoms with E-state index in [0.29, 0.717) is 42.5 Å². The molecule has 1 heterocycles. The number of benzene rings is 2. The van der Waals surface area contributed by atoms with Crippen molar-refractivity contribution in [3.05, 3.63) is 94.3 Å². The van der Waals surface area contributed by atoms with Gasteiger partial charge < -0.3 is 14.7 Å². The van der Waals surface area contributed by atoms with Gasteiger partial charge in [-0.15, -0.1) is 0 Å². The minimum atomic E-state index is -0.711. The monoisotopic (exact) mass is 493 g/mol. The number of rotatable bonds is 10. The average molecular weight is 494 g/mol. The fraction of sp³-hybridized carbons (Fsp3) is 0.321. The molecule has 0 aliphatic heterocycles. The maximum atomic E-state index is 13.3. The molecular weight excluding hydrogens is 464 g/mol. The van der Waals surface area contributed by atoms with E-state index in [9.17, 15) is 9.59 Å². The van der Waals surface area contributed by atoms with Crippen LogP contribution in [0.3, 0.4) is 0 Å². The number of hydrogen-bond acceptors (Lipinski definition) is 4. The van der Waals surface area contributed by atoms with Crippen LogP contribution < -0.4 is 4.74 Å². The van der Waals surface area contributed by atoms with E-state index in [0.717, 1.165) is 42.5 Å². The average Bonchev–Trinajstić information content (AvgIpc) is 3.41. The van der Waals surface area contributed by atoms with Crippen LogP contribution >= 0.6 is 11.6 Å². The Hall–Kier alpha value is -3.38. The molecule has 0 atom stereocenters. The third-order valence-corrected chi connectivity index (χ3v) is 6.66. The number of nitrogens with zero attached hydrogens (tertiary/aromatic N) is 2. The summed E-state index contributed by atoms with van der Waals surface area (Å²) in [5, 5.41) is 7.64. The molecule has 1 fully saturated rings. The second kappa shape index (κ2) is 11.8. The zero-order valence-electron chi connectivity index (χ0n) is 19.6. The molecule has 1 aromatic heterocycles. The van der Waals surface area contributed by atoms with Crippen LogP contribution in [0.4, 0.5) is 0 Å². The molecule has 0 radical (unpaired) electrons. The Bertz CT molecular complexity index is 1150. The normalized spacial score (nSPS) is 13.5. The lowest BCUT2D eigenvalue weighted by molar-refractivity contribution is -0.136. The summed E-state index contributed by atoms with van der Waals surface area (Å²) in [6.07, 6.45) is 6.64. The van der Waals surface area contributed by atoms with Crippen LogP contribution in [0.25, 0.3) is 0 Å². The molecule has 2 aromatic carbocycles. The van der Waals surface area contributed by atoms with Gasteiger partial charge in [0.1, 0.15) is 17.9 Å². The molecule has 7 heteroatoms. The minimum absolute atomic E-state index is 0.105. The summed E-state index contributed by atoms with van der Waals surface area (Å²) in [6.45, 7) is 1.39. The Kier molecular flexibility index (Phi) is 8.37. The van der Waals surface area contributed by atoms with E-state index in [1.807, 2.05) is 41.3 Å². The first-order chi connectivity index (χ1) is 17.0. The number of ether oxygens (including phenoxy) is 1. The predicted molar refractivity (Wildman–Crippen MR) is 135 cm³/mol. The maximum absolute atomic E-state index is 13.3. The van der Waals surface area contributed by atoms with Crippen molar-refractivity contribution in [3.8, 4) is 5.75 Å². The fourth-order valence-corrected chi connectivity index (χ4v) is 4.64. The van der Waals surface area contributed by atoms with Crippen LogP contribution in [0.2, 0.25) is 5.02 Å². The summed E-state index contributed by atoms with van der Waals surface area (Å²) in [5.41, 5.74) is 3.14. The first-order valence-corrected chi connectivity index (χ1v) is 12.3. The molecule has 35 heavy (non-hydrogen) atoms. The van der Waals surface area contributed by atoms with Crippen LogP contribution in [0.5, 0.6) is 5.75 Å². The molecule has 0 bridgehead atoms. The summed E-state index contributed by atoms with van der Waals surface area (Å²) in [7, 11) is 0. The second-order valence-corrected chi connectivity index (χ2v) is 9.30. The minimum Gasteiger partial charge on any atom is -0.561 e. The van der Waals surface area contributed by atoms with Gasteiger partial charge in [0, 0.05) is 42.1 Å². The first-order valence-electron chi connectivity index (χ1n) is 11.9. The Morgan fingerprint density at radius 2 is 1.77 bits per heavy atom. The number of pyridine rings is 1. The number of carbonyl (C=O) groups is 2. The van der Waals surface area contributed by atoms with Gasteiger partial charge in [0.2, 0.25) is 5.91 Å². The van der Waals surface area contributed by atoms with Crippen molar-refractivity contribution >= 4 is 23.5 Å². The van der Waals surface area contributed by atoms with Crippen molar-refractivity contribution in [1.29, 1.82) is 0 Å². The van der Waals surface area contributed by atoms with Gasteiger partial charge in [0.05, 0.1) is 5.02 Å². The molecule has 1 amide bonds. The van der Waals surface area contributed by atoms with Crippen LogP contribution in [0, 0.1) is 5.92 Å². The molecule has 182 valence electrons. The highest BCUT2D eigenvalue weighted by Gasteiger charge is 2.27. The predicted octanol–water partition coefficient (Wildman–Crippen LogP) is 4.94. The van der Waals surface area contributed by atoms with Crippen molar-refractivity contribution in [2.24, 2.45) is 5.92 Å². The largest absolute Gasteiger partial charge is 0.561 e. The topological polar surface area (TPSA) is 82.4 Å². The molecular formula is C28H30ClN2O4+. The molecule has 3 aromatic rings. The number of amides is 1. The summed E-state index contributed by atoms with van der Waals surface area (Å²) < 4.78 is 5.86. The van der Waals surface area contributed by atoms with Gasteiger partial charge >= 0.3 is 5.97 Å². The highest BCUT2D eigenvalue weighted by molar-refractivity contribution is 6.32. The van der Waals surface area contributed by atoms with Gasteiger partial charge in [-0.2, -0.15) is 0 Å². The lowest BCUT2D eigenvalue weighted by Gasteiger charge is -2.26. The van der Waals surface area contributed by atoms with Gasteiger partial charge in [0.15, 0.2) is 0 Å². The van der Waals surface area contributed by atoms with E-state index >= 15 is 0 Å². The lowest BCUT2D eigenvalue weighted by Crippen LogP contribution is -2.36. The zero-order valence-corrected chi connectivity index (χ0v) is 20.3. The van der Waals surface area contributed by atoms with E-state index in [2.05, 4.69) is 4.98 Å². The number of halogens is 1. The second-order valence-electron chi connectivity index (χ2n) is 8.89. The molecule has 1 saturated carbocycles. The summed E-state index contributed by atoms with van der Waals surface area (Å²) in [5.74, 6) is 0.160. The van der Waals surface area contributed by atoms with Crippen LogP contribution in [0.15, 0.2) is 66.9 Å². The number of hydrogen-bond donors (Lipinski definition) is 0. The first kappa shape index (κ1) is 24.7. The van der Waals surface area contributed by atoms with Crippen LogP contribution in [0.1, 0.15) is 52.9 Å². The molecule has 0 spiro atoms. The lowest BCUT2D eigenvalue weighted by atomic mass is 10.1. The van der Waals surface area contributed by atoms with Crippen molar-refractivity contribution < 1.29 is 19.4 Å². The van der Waals surface area contributed by atoms with Gasteiger partial charge in [0.25, 0.3) is 0 Å². The van der Waals surface area contributed by atoms with E-state index in [1.165, 1.54) is 0 Å². The number of aromatic nitrogens is 1. The molecule has 1 aliphatic rings. The Morgan fingerprint density at radius 3 is 2.43 bits per heavy atom. The van der Waals surface area contributed by atoms with Gasteiger partial charge in [-0.05, 0) is 60.4 Å². The molecule has 6 nitrogen and oxygen atoms in total. The van der Waals surface area contributed by atoms with Gasteiger partial charge in [-0.1, -0.05) is 48.7 Å². The van der Waals surface area contributed by atoms with E-state index in [1.54, 1.807) is 30.5 Å². The maximum Gasteiger partial charge on any atom is 0.549 e. The molecule has 0 saturated heterocycles. The zero-order chi connectivity index (χ0) is 24.6. The quantitative estimate of drug-likeness (QED) is 0.374. The van der Waals surface area contributed by atoms with Crippen molar-refractivity contribution in [3.63, 3.8) is 0 Å². The molecule has 1 aliphatic carbocycles. The smallest absolute Gasteiger partial charge is 0.549 e. The third kappa shape index (κ3) is 6.83. The summed E-state index contributed by atoms with van der Waals surface area (Å²) in [4.78, 5) is 30.7. The van der Waals surface area contributed by atoms with Crippen LogP contribution in [-0.4, -0.2) is 33.4 Å². The summed E-state index contributed by atoms with van der Waals surface area (Å²) >= 11 is 6.52. The number of carbonyl (C=O) groups excluding carboxylic acids is 2.